The van der Waals surface area contributed by atoms with Gasteiger partial charge in [-0.25, -0.2) is 0 Å². The Morgan fingerprint density at radius 2 is 1.59 bits per heavy atom. The third-order valence-electron chi connectivity index (χ3n) is 5.18. The van der Waals surface area contributed by atoms with Gasteiger partial charge in [0.15, 0.2) is 0 Å². The molecule has 0 aromatic heterocycles. The van der Waals surface area contributed by atoms with Gasteiger partial charge in [-0.1, -0.05) is 29.8 Å². The molecule has 17 heavy (non-hydrogen) atoms. The van der Waals surface area contributed by atoms with E-state index in [2.05, 4.69) is 12.1 Å². The Bertz CT molecular complexity index is 402. The number of halogens is 1. The molecule has 3 aliphatic carbocycles. The van der Waals surface area contributed by atoms with Crippen molar-refractivity contribution in [3.8, 4) is 0 Å². The standard InChI is InChI=1S/C15H19ClO/c16-13-4-2-1-3-12(13)15-8-5-14(11-17,6-9-15)7-10-15/h1-4,17H,5-11H2. The van der Waals surface area contributed by atoms with Crippen molar-refractivity contribution in [3.63, 3.8) is 0 Å². The summed E-state index contributed by atoms with van der Waals surface area (Å²) < 4.78 is 0. The van der Waals surface area contributed by atoms with Crippen molar-refractivity contribution >= 4 is 11.6 Å². The predicted molar refractivity (Wildman–Crippen MR) is 70.4 cm³/mol. The summed E-state index contributed by atoms with van der Waals surface area (Å²) in [6.45, 7) is 0.367. The average Bonchev–Trinajstić information content (AvgIpc) is 2.41. The van der Waals surface area contributed by atoms with Gasteiger partial charge in [-0.3, -0.25) is 0 Å². The molecule has 4 rings (SSSR count). The van der Waals surface area contributed by atoms with E-state index in [1.165, 1.54) is 24.8 Å². The summed E-state index contributed by atoms with van der Waals surface area (Å²) in [5.74, 6) is 0. The molecule has 1 aromatic rings. The van der Waals surface area contributed by atoms with E-state index >= 15 is 0 Å². The van der Waals surface area contributed by atoms with Gasteiger partial charge in [0, 0.05) is 11.6 Å². The number of hydrogen-bond acceptors (Lipinski definition) is 1. The van der Waals surface area contributed by atoms with Crippen LogP contribution in [0.2, 0.25) is 5.02 Å². The predicted octanol–water partition coefficient (Wildman–Crippen LogP) is 3.92. The molecule has 0 amide bonds. The van der Waals surface area contributed by atoms with Gasteiger partial charge in [0.2, 0.25) is 0 Å². The highest BCUT2D eigenvalue weighted by Crippen LogP contribution is 2.58. The maximum atomic E-state index is 9.55. The first kappa shape index (κ1) is 11.6. The molecule has 0 atom stereocenters. The van der Waals surface area contributed by atoms with E-state index in [4.69, 9.17) is 11.6 Å². The lowest BCUT2D eigenvalue weighted by Crippen LogP contribution is -2.45. The second-order valence-corrected chi connectivity index (χ2v) is 6.33. The van der Waals surface area contributed by atoms with Crippen molar-refractivity contribution in [2.75, 3.05) is 6.61 Å². The van der Waals surface area contributed by atoms with Gasteiger partial charge in [-0.05, 0) is 61.0 Å². The van der Waals surface area contributed by atoms with Gasteiger partial charge in [0.1, 0.15) is 0 Å². The van der Waals surface area contributed by atoms with Gasteiger partial charge in [-0.15, -0.1) is 0 Å². The molecule has 2 heteroatoms. The zero-order valence-electron chi connectivity index (χ0n) is 10.1. The lowest BCUT2D eigenvalue weighted by atomic mass is 9.52. The van der Waals surface area contributed by atoms with E-state index in [-0.39, 0.29) is 5.41 Å². The van der Waals surface area contributed by atoms with Crippen LogP contribution in [0, 0.1) is 5.41 Å². The molecule has 0 heterocycles. The smallest absolute Gasteiger partial charge is 0.0487 e. The summed E-state index contributed by atoms with van der Waals surface area (Å²) >= 11 is 6.36. The van der Waals surface area contributed by atoms with Gasteiger partial charge in [-0.2, -0.15) is 0 Å². The fraction of sp³-hybridized carbons (Fsp3) is 0.600. The van der Waals surface area contributed by atoms with E-state index in [9.17, 15) is 5.11 Å². The fourth-order valence-corrected chi connectivity index (χ4v) is 4.13. The summed E-state index contributed by atoms with van der Waals surface area (Å²) in [6.07, 6.45) is 7.06. The third-order valence-corrected chi connectivity index (χ3v) is 5.51. The molecular weight excluding hydrogens is 232 g/mol. The Labute approximate surface area is 108 Å². The number of fused-ring (bicyclic) bond motifs is 3. The van der Waals surface area contributed by atoms with Gasteiger partial charge in [0.05, 0.1) is 0 Å². The molecule has 1 aromatic carbocycles. The minimum Gasteiger partial charge on any atom is -0.396 e. The molecule has 0 unspecified atom stereocenters. The molecule has 0 aliphatic heterocycles. The highest BCUT2D eigenvalue weighted by molar-refractivity contribution is 6.31. The van der Waals surface area contributed by atoms with Crippen LogP contribution in [-0.4, -0.2) is 11.7 Å². The summed E-state index contributed by atoms with van der Waals surface area (Å²) in [7, 11) is 0. The molecule has 3 aliphatic rings. The Morgan fingerprint density at radius 3 is 2.12 bits per heavy atom. The van der Waals surface area contributed by atoms with E-state index in [0.717, 1.165) is 24.3 Å². The van der Waals surface area contributed by atoms with Crippen LogP contribution in [0.5, 0.6) is 0 Å². The summed E-state index contributed by atoms with van der Waals surface area (Å²) in [5.41, 5.74) is 1.88. The largest absolute Gasteiger partial charge is 0.396 e. The molecule has 0 saturated heterocycles. The molecule has 1 nitrogen and oxygen atoms in total. The lowest BCUT2D eigenvalue weighted by molar-refractivity contribution is -0.00684. The van der Waals surface area contributed by atoms with Crippen molar-refractivity contribution in [3.05, 3.63) is 34.9 Å². The normalized spacial score (nSPS) is 36.1. The van der Waals surface area contributed by atoms with Crippen LogP contribution >= 0.6 is 11.6 Å². The average molecular weight is 251 g/mol. The first-order valence-electron chi connectivity index (χ1n) is 6.56. The monoisotopic (exact) mass is 250 g/mol. The summed E-state index contributed by atoms with van der Waals surface area (Å²) in [6, 6.07) is 8.30. The van der Waals surface area contributed by atoms with Gasteiger partial charge in [0.25, 0.3) is 0 Å². The Balaban J connectivity index is 1.93. The maximum absolute atomic E-state index is 9.55. The Morgan fingerprint density at radius 1 is 1.00 bits per heavy atom. The molecule has 0 spiro atoms. The molecular formula is C15H19ClO. The van der Waals surface area contributed by atoms with Crippen molar-refractivity contribution in [2.45, 2.75) is 43.9 Å². The molecule has 1 N–H and O–H groups in total. The van der Waals surface area contributed by atoms with Crippen LogP contribution in [0.3, 0.4) is 0 Å². The van der Waals surface area contributed by atoms with Crippen LogP contribution in [0.25, 0.3) is 0 Å². The number of rotatable bonds is 2. The summed E-state index contributed by atoms with van der Waals surface area (Å²) in [5, 5.41) is 10.5. The summed E-state index contributed by atoms with van der Waals surface area (Å²) in [4.78, 5) is 0. The number of aliphatic hydroxyl groups is 1. The second kappa shape index (κ2) is 4.00. The molecule has 92 valence electrons. The Kier molecular flexibility index (Phi) is 2.72. The van der Waals surface area contributed by atoms with E-state index in [1.54, 1.807) is 0 Å². The third kappa shape index (κ3) is 1.71. The van der Waals surface area contributed by atoms with Crippen LogP contribution in [0.15, 0.2) is 24.3 Å². The van der Waals surface area contributed by atoms with Crippen LogP contribution in [0.4, 0.5) is 0 Å². The van der Waals surface area contributed by atoms with Crippen molar-refractivity contribution < 1.29 is 5.11 Å². The van der Waals surface area contributed by atoms with Crippen molar-refractivity contribution in [1.29, 1.82) is 0 Å². The number of benzene rings is 1. The fourth-order valence-electron chi connectivity index (χ4n) is 3.80. The molecule has 0 radical (unpaired) electrons. The Hall–Kier alpha value is -0.530. The quantitative estimate of drug-likeness (QED) is 0.844. The van der Waals surface area contributed by atoms with Crippen LogP contribution in [-0.2, 0) is 5.41 Å². The molecule has 2 bridgehead atoms. The zero-order chi connectivity index (χ0) is 11.9. The van der Waals surface area contributed by atoms with E-state index in [0.29, 0.717) is 12.0 Å². The van der Waals surface area contributed by atoms with Gasteiger partial charge < -0.3 is 5.11 Å². The van der Waals surface area contributed by atoms with Crippen LogP contribution < -0.4 is 0 Å². The first-order chi connectivity index (χ1) is 8.20. The SMILES string of the molecule is OCC12CCC(c3ccccc3Cl)(CC1)CC2. The first-order valence-corrected chi connectivity index (χ1v) is 6.94. The van der Waals surface area contributed by atoms with Crippen molar-refractivity contribution in [1.82, 2.24) is 0 Å². The molecule has 3 saturated carbocycles. The lowest BCUT2D eigenvalue weighted by Gasteiger charge is -2.53. The van der Waals surface area contributed by atoms with E-state index in [1.807, 2.05) is 12.1 Å². The zero-order valence-corrected chi connectivity index (χ0v) is 10.8. The minimum absolute atomic E-state index is 0.239. The number of aliphatic hydroxyl groups excluding tert-OH is 1. The molecule has 3 fully saturated rings. The highest BCUT2D eigenvalue weighted by atomic mass is 35.5. The van der Waals surface area contributed by atoms with Crippen molar-refractivity contribution in [2.24, 2.45) is 5.41 Å². The maximum Gasteiger partial charge on any atom is 0.0487 e. The minimum atomic E-state index is 0.239. The second-order valence-electron chi connectivity index (χ2n) is 5.92. The van der Waals surface area contributed by atoms with E-state index < -0.39 is 0 Å². The highest BCUT2D eigenvalue weighted by Gasteiger charge is 2.49. The topological polar surface area (TPSA) is 20.2 Å². The van der Waals surface area contributed by atoms with Crippen LogP contribution in [0.1, 0.15) is 44.1 Å². The number of hydrogen-bond donors (Lipinski definition) is 1. The van der Waals surface area contributed by atoms with Gasteiger partial charge >= 0.3 is 0 Å².